The number of benzene rings is 1. The zero-order valence-corrected chi connectivity index (χ0v) is 14.0. The zero-order valence-electron chi connectivity index (χ0n) is 14.0. The van der Waals surface area contributed by atoms with Crippen LogP contribution in [0.25, 0.3) is 0 Å². The Labute approximate surface area is 137 Å². The number of carbonyl (C=O) groups is 2. The molecular weight excluding hydrogens is 288 g/mol. The fraction of sp³-hybridized carbons (Fsp3) is 0.474. The summed E-state index contributed by atoms with van der Waals surface area (Å²) in [6.07, 6.45) is 2.71. The van der Waals surface area contributed by atoms with Gasteiger partial charge in [0.1, 0.15) is 5.92 Å². The summed E-state index contributed by atoms with van der Waals surface area (Å²) in [5.74, 6) is 5.17. The quantitative estimate of drug-likeness (QED) is 0.621. The Morgan fingerprint density at radius 2 is 1.74 bits per heavy atom. The van der Waals surface area contributed by atoms with Gasteiger partial charge in [0.05, 0.1) is 0 Å². The summed E-state index contributed by atoms with van der Waals surface area (Å²) in [6.45, 7) is 7.15. The van der Waals surface area contributed by atoms with Gasteiger partial charge >= 0.3 is 0 Å². The van der Waals surface area contributed by atoms with Crippen molar-refractivity contribution in [1.82, 2.24) is 10.0 Å². The van der Waals surface area contributed by atoms with Gasteiger partial charge in [0, 0.05) is 18.7 Å². The Kier molecular flexibility index (Phi) is 4.12. The number of hydrogen-bond acceptors (Lipinski definition) is 2. The molecule has 0 aromatic heterocycles. The highest BCUT2D eigenvalue weighted by atomic mass is 16.2. The molecule has 2 aliphatic rings. The minimum Gasteiger partial charge on any atom is -0.272 e. The fourth-order valence-electron chi connectivity index (χ4n) is 3.67. The van der Waals surface area contributed by atoms with Gasteiger partial charge in [-0.1, -0.05) is 12.8 Å². The molecule has 0 unspecified atom stereocenters. The predicted molar refractivity (Wildman–Crippen MR) is 88.5 cm³/mol. The minimum atomic E-state index is -0.674. The van der Waals surface area contributed by atoms with Gasteiger partial charge in [0.15, 0.2) is 0 Å². The molecule has 2 saturated heterocycles. The number of fused-ring (bicyclic) bond motifs is 1. The number of hydrogen-bond donors (Lipinski definition) is 0. The largest absolute Gasteiger partial charge is 0.272 e. The topological polar surface area (TPSA) is 40.6 Å². The van der Waals surface area contributed by atoms with Crippen LogP contribution in [0, 0.1) is 18.8 Å². The van der Waals surface area contributed by atoms with Gasteiger partial charge in [-0.2, -0.15) is 0 Å². The standard InChI is InChI=1S/C19H22N2O2/c1-4-8-14-11-13(3)16(15(5-2)12-14)17-18(22)20-9-6-7-10-21(20)19(17)23/h11-12,17H,5-7,9-10H2,1-3H3. The molecule has 0 atom stereocenters. The SMILES string of the molecule is CC#Cc1cc(C)c(C2C(=O)N3CCCCN3C2=O)c(CC)c1. The lowest BCUT2D eigenvalue weighted by Gasteiger charge is -2.31. The monoisotopic (exact) mass is 310 g/mol. The van der Waals surface area contributed by atoms with E-state index in [-0.39, 0.29) is 11.8 Å². The first kappa shape index (κ1) is 15.6. The molecule has 1 aromatic rings. The highest BCUT2D eigenvalue weighted by Gasteiger charge is 2.48. The van der Waals surface area contributed by atoms with E-state index in [0.29, 0.717) is 13.1 Å². The summed E-state index contributed by atoms with van der Waals surface area (Å²) in [5.41, 5.74) is 3.87. The van der Waals surface area contributed by atoms with Gasteiger partial charge in [0.2, 0.25) is 0 Å². The van der Waals surface area contributed by atoms with Gasteiger partial charge in [-0.15, -0.1) is 5.92 Å². The van der Waals surface area contributed by atoms with Crippen molar-refractivity contribution >= 4 is 11.8 Å². The molecule has 0 spiro atoms. The molecule has 1 aromatic carbocycles. The van der Waals surface area contributed by atoms with Crippen LogP contribution in [0.4, 0.5) is 0 Å². The van der Waals surface area contributed by atoms with E-state index in [0.717, 1.165) is 41.5 Å². The molecule has 3 rings (SSSR count). The second kappa shape index (κ2) is 6.08. The first-order valence-corrected chi connectivity index (χ1v) is 8.27. The van der Waals surface area contributed by atoms with E-state index >= 15 is 0 Å². The molecule has 0 radical (unpaired) electrons. The van der Waals surface area contributed by atoms with Crippen LogP contribution in [0.3, 0.4) is 0 Å². The maximum atomic E-state index is 12.8. The van der Waals surface area contributed by atoms with E-state index in [9.17, 15) is 9.59 Å². The lowest BCUT2D eigenvalue weighted by molar-refractivity contribution is -0.150. The Balaban J connectivity index is 2.08. The van der Waals surface area contributed by atoms with Crippen LogP contribution >= 0.6 is 0 Å². The molecular formula is C19H22N2O2. The highest BCUT2D eigenvalue weighted by molar-refractivity contribution is 6.10. The van der Waals surface area contributed by atoms with Crippen molar-refractivity contribution < 1.29 is 9.59 Å². The molecule has 2 fully saturated rings. The van der Waals surface area contributed by atoms with Crippen LogP contribution in [0.1, 0.15) is 54.9 Å². The number of rotatable bonds is 2. The number of hydrazine groups is 1. The van der Waals surface area contributed by atoms with Crippen LogP contribution < -0.4 is 0 Å². The summed E-state index contributed by atoms with van der Waals surface area (Å²) < 4.78 is 0. The lowest BCUT2D eigenvalue weighted by Crippen LogP contribution is -2.45. The van der Waals surface area contributed by atoms with Crippen LogP contribution in [0.2, 0.25) is 0 Å². The van der Waals surface area contributed by atoms with E-state index in [2.05, 4.69) is 18.8 Å². The molecule has 4 nitrogen and oxygen atoms in total. The molecule has 23 heavy (non-hydrogen) atoms. The third-order valence-corrected chi connectivity index (χ3v) is 4.70. The molecule has 0 N–H and O–H groups in total. The van der Waals surface area contributed by atoms with Crippen molar-refractivity contribution in [3.8, 4) is 11.8 Å². The molecule has 2 heterocycles. The maximum Gasteiger partial charge on any atom is 0.258 e. The first-order valence-electron chi connectivity index (χ1n) is 8.27. The molecule has 2 aliphatic heterocycles. The van der Waals surface area contributed by atoms with E-state index in [4.69, 9.17) is 0 Å². The average molecular weight is 310 g/mol. The van der Waals surface area contributed by atoms with Gasteiger partial charge in [-0.25, -0.2) is 0 Å². The fourth-order valence-corrected chi connectivity index (χ4v) is 3.67. The van der Waals surface area contributed by atoms with Gasteiger partial charge in [0.25, 0.3) is 11.8 Å². The Hall–Kier alpha value is -2.28. The number of carbonyl (C=O) groups excluding carboxylic acids is 2. The molecule has 0 aliphatic carbocycles. The van der Waals surface area contributed by atoms with Crippen LogP contribution in [-0.4, -0.2) is 34.9 Å². The Morgan fingerprint density at radius 1 is 1.13 bits per heavy atom. The first-order chi connectivity index (χ1) is 11.1. The number of nitrogens with zero attached hydrogens (tertiary/aromatic N) is 2. The average Bonchev–Trinajstić information content (AvgIpc) is 2.80. The molecule has 2 amide bonds. The van der Waals surface area contributed by atoms with Crippen LogP contribution in [0.5, 0.6) is 0 Å². The van der Waals surface area contributed by atoms with Crippen molar-refractivity contribution in [3.05, 3.63) is 34.4 Å². The van der Waals surface area contributed by atoms with Crippen LogP contribution in [0.15, 0.2) is 12.1 Å². The van der Waals surface area contributed by atoms with Gasteiger partial charge in [-0.05, 0) is 61.9 Å². The summed E-state index contributed by atoms with van der Waals surface area (Å²) in [4.78, 5) is 25.6. The molecule has 0 saturated carbocycles. The number of aryl methyl sites for hydroxylation is 2. The second-order valence-corrected chi connectivity index (χ2v) is 6.16. The van der Waals surface area contributed by atoms with E-state index in [1.807, 2.05) is 26.0 Å². The summed E-state index contributed by atoms with van der Waals surface area (Å²) in [5, 5.41) is 3.30. The van der Waals surface area contributed by atoms with Crippen molar-refractivity contribution in [2.24, 2.45) is 0 Å². The van der Waals surface area contributed by atoms with Gasteiger partial charge < -0.3 is 0 Å². The lowest BCUT2D eigenvalue weighted by atomic mass is 9.87. The Morgan fingerprint density at radius 3 is 2.26 bits per heavy atom. The smallest absolute Gasteiger partial charge is 0.258 e. The van der Waals surface area contributed by atoms with E-state index < -0.39 is 5.92 Å². The maximum absolute atomic E-state index is 12.8. The second-order valence-electron chi connectivity index (χ2n) is 6.16. The third kappa shape index (κ3) is 2.50. The number of amides is 2. The van der Waals surface area contributed by atoms with Crippen LogP contribution in [-0.2, 0) is 16.0 Å². The summed E-state index contributed by atoms with van der Waals surface area (Å²) >= 11 is 0. The molecule has 4 heteroatoms. The van der Waals surface area contributed by atoms with E-state index in [1.54, 1.807) is 10.0 Å². The van der Waals surface area contributed by atoms with Crippen molar-refractivity contribution in [2.45, 2.75) is 46.0 Å². The predicted octanol–water partition coefficient (Wildman–Crippen LogP) is 2.39. The van der Waals surface area contributed by atoms with Crippen molar-refractivity contribution in [1.29, 1.82) is 0 Å². The van der Waals surface area contributed by atoms with Gasteiger partial charge in [-0.3, -0.25) is 19.6 Å². The molecule has 0 bridgehead atoms. The summed E-state index contributed by atoms with van der Waals surface area (Å²) in [7, 11) is 0. The summed E-state index contributed by atoms with van der Waals surface area (Å²) in [6, 6.07) is 4.00. The zero-order chi connectivity index (χ0) is 16.6. The highest BCUT2D eigenvalue weighted by Crippen LogP contribution is 2.35. The van der Waals surface area contributed by atoms with E-state index in [1.165, 1.54) is 0 Å². The minimum absolute atomic E-state index is 0.0678. The van der Waals surface area contributed by atoms with Crippen molar-refractivity contribution in [3.63, 3.8) is 0 Å². The third-order valence-electron chi connectivity index (χ3n) is 4.70. The Bertz CT molecular complexity index is 703. The van der Waals surface area contributed by atoms with Crippen molar-refractivity contribution in [2.75, 3.05) is 13.1 Å². The molecule has 120 valence electrons. The normalized spacial score (nSPS) is 18.0.